The number of quaternary nitrogens is 1. The fourth-order valence-corrected chi connectivity index (χ4v) is 3.26. The summed E-state index contributed by atoms with van der Waals surface area (Å²) in [5, 5.41) is 2.69. The molecule has 1 aliphatic rings. The molecular formula is C19H22BrN. The zero-order valence-electron chi connectivity index (χ0n) is 13.2. The van der Waals surface area contributed by atoms with E-state index >= 15 is 0 Å². The van der Waals surface area contributed by atoms with Gasteiger partial charge in [-0.1, -0.05) is 31.2 Å². The van der Waals surface area contributed by atoms with Crippen molar-refractivity contribution in [3.05, 3.63) is 59.9 Å². The number of nitrogens with zero attached hydrogens (tertiary/aromatic N) is 1. The minimum Gasteiger partial charge on any atom is -1.00 e. The Morgan fingerprint density at radius 1 is 1.05 bits per heavy atom. The lowest BCUT2D eigenvalue weighted by Gasteiger charge is -2.27. The molecule has 21 heavy (non-hydrogen) atoms. The van der Waals surface area contributed by atoms with E-state index in [1.165, 1.54) is 33.3 Å². The minimum absolute atomic E-state index is 0. The minimum atomic E-state index is 0. The third kappa shape index (κ3) is 2.27. The van der Waals surface area contributed by atoms with Crippen molar-refractivity contribution >= 4 is 22.0 Å². The van der Waals surface area contributed by atoms with Crippen molar-refractivity contribution in [3.63, 3.8) is 0 Å². The lowest BCUT2D eigenvalue weighted by atomic mass is 9.99. The van der Waals surface area contributed by atoms with E-state index in [1.807, 2.05) is 0 Å². The molecule has 110 valence electrons. The molecule has 0 saturated carbocycles. The first-order valence-electron chi connectivity index (χ1n) is 7.34. The van der Waals surface area contributed by atoms with E-state index in [2.05, 4.69) is 76.5 Å². The number of hydrogen-bond donors (Lipinski definition) is 0. The van der Waals surface area contributed by atoms with Gasteiger partial charge in [-0.25, -0.2) is 4.48 Å². The summed E-state index contributed by atoms with van der Waals surface area (Å²) in [5.41, 5.74) is 5.65. The summed E-state index contributed by atoms with van der Waals surface area (Å²) >= 11 is 0. The van der Waals surface area contributed by atoms with Gasteiger partial charge in [0.05, 0.1) is 12.6 Å². The molecule has 0 fully saturated rings. The Hall–Kier alpha value is -1.38. The maximum Gasteiger partial charge on any atom is 0.150 e. The van der Waals surface area contributed by atoms with Crippen molar-refractivity contribution in [2.45, 2.75) is 27.2 Å². The van der Waals surface area contributed by atoms with Crippen LogP contribution in [-0.2, 0) is 0 Å². The molecule has 0 radical (unpaired) electrons. The smallest absolute Gasteiger partial charge is 0.150 e. The molecular weight excluding hydrogens is 322 g/mol. The number of halogens is 1. The third-order valence-corrected chi connectivity index (χ3v) is 4.66. The molecule has 2 aromatic rings. The van der Waals surface area contributed by atoms with Crippen molar-refractivity contribution in [3.8, 4) is 0 Å². The SMILES string of the molecule is CCC=C[N+]1(C)C(C)=C(C)c2c1ccc1ccccc21.[Br-]. The summed E-state index contributed by atoms with van der Waals surface area (Å²) in [5.74, 6) is 0. The van der Waals surface area contributed by atoms with Gasteiger partial charge in [0.2, 0.25) is 0 Å². The third-order valence-electron chi connectivity index (χ3n) is 4.66. The lowest BCUT2D eigenvalue weighted by Crippen LogP contribution is -3.00. The van der Waals surface area contributed by atoms with E-state index in [9.17, 15) is 0 Å². The lowest BCUT2D eigenvalue weighted by molar-refractivity contribution is -0.00000412. The van der Waals surface area contributed by atoms with Crippen LogP contribution < -0.4 is 21.5 Å². The van der Waals surface area contributed by atoms with Crippen molar-refractivity contribution in [2.75, 3.05) is 7.05 Å². The largest absolute Gasteiger partial charge is 1.00 e. The molecule has 2 heteroatoms. The maximum absolute atomic E-state index is 2.32. The molecule has 0 bridgehead atoms. The van der Waals surface area contributed by atoms with Crippen LogP contribution in [0, 0.1) is 0 Å². The second-order valence-corrected chi connectivity index (χ2v) is 5.76. The first-order chi connectivity index (χ1) is 9.59. The zero-order chi connectivity index (χ0) is 14.3. The standard InChI is InChI=1S/C19H22N.BrH/c1-5-6-13-20(4)15(3)14(2)19-17-10-8-7-9-16(17)11-12-18(19)20;/h6-13H,5H2,1-4H3;1H/q+1;/p-1. The van der Waals surface area contributed by atoms with Gasteiger partial charge in [0.15, 0.2) is 0 Å². The normalized spacial score (nSPS) is 21.0. The number of hydrogen-bond acceptors (Lipinski definition) is 0. The summed E-state index contributed by atoms with van der Waals surface area (Å²) in [6, 6.07) is 13.2. The summed E-state index contributed by atoms with van der Waals surface area (Å²) in [7, 11) is 2.28. The topological polar surface area (TPSA) is 0 Å². The highest BCUT2D eigenvalue weighted by atomic mass is 79.9. The first kappa shape index (κ1) is 16.0. The number of rotatable bonds is 2. The summed E-state index contributed by atoms with van der Waals surface area (Å²) in [6.07, 6.45) is 5.66. The van der Waals surface area contributed by atoms with Crippen LogP contribution in [-0.4, -0.2) is 7.05 Å². The number of fused-ring (bicyclic) bond motifs is 3. The van der Waals surface area contributed by atoms with Gasteiger partial charge in [-0.15, -0.1) is 0 Å². The Morgan fingerprint density at radius 2 is 1.76 bits per heavy atom. The first-order valence-corrected chi connectivity index (χ1v) is 7.34. The van der Waals surface area contributed by atoms with Gasteiger partial charge in [-0.05, 0) is 36.3 Å². The molecule has 3 rings (SSSR count). The van der Waals surface area contributed by atoms with E-state index in [4.69, 9.17) is 0 Å². The maximum atomic E-state index is 2.32. The van der Waals surface area contributed by atoms with Crippen molar-refractivity contribution in [1.82, 2.24) is 4.48 Å². The van der Waals surface area contributed by atoms with E-state index in [0.717, 1.165) is 10.9 Å². The Kier molecular flexibility index (Phi) is 4.40. The second kappa shape index (κ2) is 5.78. The number of allylic oxidation sites excluding steroid dienone is 3. The van der Waals surface area contributed by atoms with Crippen molar-refractivity contribution in [2.24, 2.45) is 0 Å². The van der Waals surface area contributed by atoms with E-state index < -0.39 is 0 Å². The summed E-state index contributed by atoms with van der Waals surface area (Å²) in [6.45, 7) is 6.69. The highest BCUT2D eigenvalue weighted by molar-refractivity contribution is 6.02. The molecule has 0 aliphatic carbocycles. The highest BCUT2D eigenvalue weighted by Gasteiger charge is 2.37. The monoisotopic (exact) mass is 343 g/mol. The Morgan fingerprint density at radius 3 is 2.48 bits per heavy atom. The molecule has 2 aromatic carbocycles. The van der Waals surface area contributed by atoms with Crippen molar-refractivity contribution < 1.29 is 17.0 Å². The molecule has 0 saturated heterocycles. The molecule has 0 spiro atoms. The fourth-order valence-electron chi connectivity index (χ4n) is 3.26. The van der Waals surface area contributed by atoms with Crippen molar-refractivity contribution in [1.29, 1.82) is 0 Å². The van der Waals surface area contributed by atoms with Gasteiger partial charge < -0.3 is 17.0 Å². The highest BCUT2D eigenvalue weighted by Crippen LogP contribution is 2.47. The van der Waals surface area contributed by atoms with Crippen LogP contribution in [0.5, 0.6) is 0 Å². The van der Waals surface area contributed by atoms with Crippen LogP contribution >= 0.6 is 0 Å². The van der Waals surface area contributed by atoms with E-state index in [-0.39, 0.29) is 17.0 Å². The predicted octanol–water partition coefficient (Wildman–Crippen LogP) is 2.47. The average Bonchev–Trinajstić information content (AvgIpc) is 2.68. The van der Waals surface area contributed by atoms with E-state index in [1.54, 1.807) is 0 Å². The molecule has 1 nitrogen and oxygen atoms in total. The van der Waals surface area contributed by atoms with Gasteiger partial charge in [-0.3, -0.25) is 0 Å². The Balaban J connectivity index is 0.00000161. The second-order valence-electron chi connectivity index (χ2n) is 5.76. The van der Waals surface area contributed by atoms with Crippen LogP contribution in [0.4, 0.5) is 5.69 Å². The quantitative estimate of drug-likeness (QED) is 0.735. The van der Waals surface area contributed by atoms with Crippen LogP contribution in [0.3, 0.4) is 0 Å². The van der Waals surface area contributed by atoms with Gasteiger partial charge in [0, 0.05) is 18.6 Å². The van der Waals surface area contributed by atoms with E-state index in [0.29, 0.717) is 0 Å². The molecule has 0 N–H and O–H groups in total. The molecule has 1 aliphatic heterocycles. The van der Waals surface area contributed by atoms with Crippen LogP contribution in [0.15, 0.2) is 54.4 Å². The molecule has 1 atom stereocenters. The Labute approximate surface area is 137 Å². The summed E-state index contributed by atoms with van der Waals surface area (Å²) in [4.78, 5) is 0. The fraction of sp³-hybridized carbons (Fsp3) is 0.263. The number of benzene rings is 2. The molecule has 0 aromatic heterocycles. The summed E-state index contributed by atoms with van der Waals surface area (Å²) < 4.78 is 0.805. The predicted molar refractivity (Wildman–Crippen MR) is 89.4 cm³/mol. The average molecular weight is 344 g/mol. The van der Waals surface area contributed by atoms with Crippen LogP contribution in [0.1, 0.15) is 32.8 Å². The van der Waals surface area contributed by atoms with Gasteiger partial charge in [0.1, 0.15) is 17.6 Å². The molecule has 0 amide bonds. The van der Waals surface area contributed by atoms with Crippen LogP contribution in [0.25, 0.3) is 16.3 Å². The molecule has 1 heterocycles. The van der Waals surface area contributed by atoms with Gasteiger partial charge in [0.25, 0.3) is 0 Å². The van der Waals surface area contributed by atoms with Gasteiger partial charge in [-0.2, -0.15) is 0 Å². The zero-order valence-corrected chi connectivity index (χ0v) is 14.7. The molecule has 1 unspecified atom stereocenters. The Bertz CT molecular complexity index is 742. The van der Waals surface area contributed by atoms with Gasteiger partial charge >= 0.3 is 0 Å². The van der Waals surface area contributed by atoms with Crippen LogP contribution in [0.2, 0.25) is 0 Å².